The average Bonchev–Trinajstić information content (AvgIpc) is 3.31. The molecule has 0 aromatic heterocycles. The zero-order valence-electron chi connectivity index (χ0n) is 23.1. The van der Waals surface area contributed by atoms with E-state index >= 15 is 0 Å². The highest BCUT2D eigenvalue weighted by Gasteiger charge is 2.83. The van der Waals surface area contributed by atoms with E-state index in [0.717, 1.165) is 37.7 Å². The summed E-state index contributed by atoms with van der Waals surface area (Å²) >= 11 is 0. The summed E-state index contributed by atoms with van der Waals surface area (Å²) < 4.78 is 0. The zero-order chi connectivity index (χ0) is 25.1. The van der Waals surface area contributed by atoms with E-state index in [2.05, 4.69) is 41.2 Å². The molecule has 0 amide bonds. The Kier molecular flexibility index (Phi) is 5.46. The van der Waals surface area contributed by atoms with E-state index in [1.165, 1.54) is 32.1 Å². The van der Waals surface area contributed by atoms with Crippen molar-refractivity contribution in [2.45, 2.75) is 130 Å². The van der Waals surface area contributed by atoms with Crippen LogP contribution in [0.5, 0.6) is 0 Å². The van der Waals surface area contributed by atoms with Gasteiger partial charge in [-0.05, 0) is 134 Å². The minimum atomic E-state index is -0.777. The summed E-state index contributed by atoms with van der Waals surface area (Å²) in [6.07, 6.45) is 10.6. The first-order valence-electron chi connectivity index (χ1n) is 14.3. The number of rotatable bonds is 5. The number of hydrogen-bond donors (Lipinski definition) is 3. The summed E-state index contributed by atoms with van der Waals surface area (Å²) in [7, 11) is 0. The van der Waals surface area contributed by atoms with Gasteiger partial charge in [-0.25, -0.2) is 0 Å². The van der Waals surface area contributed by atoms with Crippen molar-refractivity contribution in [2.75, 3.05) is 0 Å². The number of aliphatic hydroxyl groups excluding tert-OH is 2. The summed E-state index contributed by atoms with van der Waals surface area (Å²) in [6.45, 7) is 19.9. The van der Waals surface area contributed by atoms with Gasteiger partial charge in [-0.3, -0.25) is 0 Å². The largest absolute Gasteiger partial charge is 0.393 e. The summed E-state index contributed by atoms with van der Waals surface area (Å²) in [6, 6.07) is 0. The Balaban J connectivity index is 1.42. The molecule has 5 aliphatic rings. The fraction of sp³-hybridized carbons (Fsp3) is 0.935. The molecule has 5 aliphatic carbocycles. The summed E-state index contributed by atoms with van der Waals surface area (Å²) in [5, 5.41) is 33.5. The molecule has 2 spiro atoms. The average molecular weight is 473 g/mol. The van der Waals surface area contributed by atoms with Crippen molar-refractivity contribution in [2.24, 2.45) is 50.7 Å². The normalized spacial score (nSPS) is 53.5. The van der Waals surface area contributed by atoms with E-state index in [1.54, 1.807) is 0 Å². The molecule has 194 valence electrons. The maximum atomic E-state index is 11.8. The van der Waals surface area contributed by atoms with Gasteiger partial charge in [0.15, 0.2) is 0 Å². The Bertz CT molecular complexity index is 861. The lowest BCUT2D eigenvalue weighted by atomic mass is 9.41. The molecular formula is C31H52O3. The van der Waals surface area contributed by atoms with Gasteiger partial charge < -0.3 is 15.3 Å². The van der Waals surface area contributed by atoms with Crippen molar-refractivity contribution >= 4 is 0 Å². The first-order valence-corrected chi connectivity index (χ1v) is 14.3. The highest BCUT2D eigenvalue weighted by atomic mass is 16.3. The molecule has 5 fully saturated rings. The highest BCUT2D eigenvalue weighted by molar-refractivity contribution is 5.32. The molecule has 3 N–H and O–H groups in total. The van der Waals surface area contributed by atoms with Gasteiger partial charge in [-0.1, -0.05) is 41.2 Å². The first kappa shape index (κ1) is 25.3. The second-order valence-corrected chi connectivity index (χ2v) is 15.2. The number of aliphatic hydroxyl groups is 3. The second-order valence-electron chi connectivity index (χ2n) is 15.2. The monoisotopic (exact) mass is 472 g/mol. The lowest BCUT2D eigenvalue weighted by Crippen LogP contribution is -2.61. The third-order valence-corrected chi connectivity index (χ3v) is 13.8. The molecule has 5 saturated carbocycles. The molecule has 0 saturated heterocycles. The fourth-order valence-corrected chi connectivity index (χ4v) is 11.2. The van der Waals surface area contributed by atoms with Crippen LogP contribution >= 0.6 is 0 Å². The molecule has 0 heterocycles. The third kappa shape index (κ3) is 2.93. The lowest BCUT2D eigenvalue weighted by Gasteiger charge is -2.64. The van der Waals surface area contributed by atoms with Gasteiger partial charge in [0.1, 0.15) is 0 Å². The molecule has 3 nitrogen and oxygen atoms in total. The van der Waals surface area contributed by atoms with E-state index in [9.17, 15) is 15.3 Å². The molecule has 34 heavy (non-hydrogen) atoms. The smallest absolute Gasteiger partial charge is 0.0823 e. The van der Waals surface area contributed by atoms with Crippen molar-refractivity contribution < 1.29 is 15.3 Å². The van der Waals surface area contributed by atoms with Crippen LogP contribution in [0.15, 0.2) is 12.2 Å². The molecule has 0 aromatic rings. The van der Waals surface area contributed by atoms with Crippen LogP contribution in [0, 0.1) is 50.7 Å². The maximum absolute atomic E-state index is 11.8. The number of hydrogen-bond acceptors (Lipinski definition) is 3. The topological polar surface area (TPSA) is 60.7 Å². The van der Waals surface area contributed by atoms with E-state index in [0.29, 0.717) is 34.5 Å². The molecule has 0 unspecified atom stereocenters. The molecule has 5 rings (SSSR count). The van der Waals surface area contributed by atoms with Gasteiger partial charge in [0.05, 0.1) is 17.8 Å². The Morgan fingerprint density at radius 3 is 2.32 bits per heavy atom. The molecule has 0 aliphatic heterocycles. The van der Waals surface area contributed by atoms with Crippen LogP contribution in [0.3, 0.4) is 0 Å². The Labute approximate surface area is 208 Å². The van der Waals surface area contributed by atoms with Crippen molar-refractivity contribution in [3.63, 3.8) is 0 Å². The minimum absolute atomic E-state index is 0.0949. The Morgan fingerprint density at radius 1 is 1.00 bits per heavy atom. The van der Waals surface area contributed by atoms with Gasteiger partial charge >= 0.3 is 0 Å². The summed E-state index contributed by atoms with van der Waals surface area (Å²) in [4.78, 5) is 0. The van der Waals surface area contributed by atoms with Crippen LogP contribution < -0.4 is 0 Å². The highest BCUT2D eigenvalue weighted by Crippen LogP contribution is 2.89. The van der Waals surface area contributed by atoms with Crippen LogP contribution in [0.25, 0.3) is 0 Å². The van der Waals surface area contributed by atoms with Crippen LogP contribution in [0.4, 0.5) is 0 Å². The molecule has 3 heteroatoms. The summed E-state index contributed by atoms with van der Waals surface area (Å²) in [5.74, 6) is 2.07. The van der Waals surface area contributed by atoms with Crippen LogP contribution in [0.1, 0.15) is 113 Å². The van der Waals surface area contributed by atoms with Crippen molar-refractivity contribution in [3.8, 4) is 0 Å². The SMILES string of the molecule is C=C(C)[C@@](C)(O)CC[C@@H](C)[C@H]1CC[C@@]2(C)[C@@H]3[C@@H](O)C[C@H]4C(C)(C)[C@@H](O)CC[C@@]45C[C@@]35CC[C@]12C. The molecule has 0 aromatic carbocycles. The van der Waals surface area contributed by atoms with Crippen molar-refractivity contribution in [3.05, 3.63) is 12.2 Å². The van der Waals surface area contributed by atoms with Crippen LogP contribution in [0.2, 0.25) is 0 Å². The molecule has 0 bridgehead atoms. The quantitative estimate of drug-likeness (QED) is 0.400. The second kappa shape index (κ2) is 7.35. The van der Waals surface area contributed by atoms with Crippen LogP contribution in [-0.2, 0) is 0 Å². The fourth-order valence-electron chi connectivity index (χ4n) is 11.2. The van der Waals surface area contributed by atoms with Crippen molar-refractivity contribution in [1.82, 2.24) is 0 Å². The first-order chi connectivity index (χ1) is 15.6. The van der Waals surface area contributed by atoms with Gasteiger partial charge in [-0.2, -0.15) is 0 Å². The van der Waals surface area contributed by atoms with Crippen molar-refractivity contribution in [1.29, 1.82) is 0 Å². The van der Waals surface area contributed by atoms with E-state index in [1.807, 2.05) is 13.8 Å². The maximum Gasteiger partial charge on any atom is 0.0823 e. The predicted octanol–water partition coefficient (Wildman–Crippen LogP) is 6.50. The lowest BCUT2D eigenvalue weighted by molar-refractivity contribution is -0.201. The van der Waals surface area contributed by atoms with E-state index in [4.69, 9.17) is 0 Å². The molecular weight excluding hydrogens is 420 g/mol. The third-order valence-electron chi connectivity index (χ3n) is 13.8. The molecule has 0 radical (unpaired) electrons. The standard InChI is InChI=1S/C31H52O3/c1-19(2)29(8,34)13-9-20(3)21-10-12-28(7)25-22(32)17-23-26(4,5)24(33)11-14-30(23)18-31(25,30)16-15-27(21,28)6/h20-25,32-34H,1,9-18H2,2-8H3/t20-,21-,22+,23+,24+,25+,27-,28+,29+,30-,31+/m1/s1. The predicted molar refractivity (Wildman–Crippen MR) is 138 cm³/mol. The van der Waals surface area contributed by atoms with Crippen LogP contribution in [-0.4, -0.2) is 33.1 Å². The number of fused-ring (bicyclic) bond motifs is 2. The van der Waals surface area contributed by atoms with Gasteiger partial charge in [0, 0.05) is 0 Å². The Morgan fingerprint density at radius 2 is 1.68 bits per heavy atom. The zero-order valence-corrected chi connectivity index (χ0v) is 23.1. The molecule has 11 atom stereocenters. The Hall–Kier alpha value is -0.380. The van der Waals surface area contributed by atoms with Gasteiger partial charge in [-0.15, -0.1) is 0 Å². The van der Waals surface area contributed by atoms with E-state index < -0.39 is 5.60 Å². The minimum Gasteiger partial charge on any atom is -0.393 e. The van der Waals surface area contributed by atoms with E-state index in [-0.39, 0.29) is 28.5 Å². The summed E-state index contributed by atoms with van der Waals surface area (Å²) in [5.41, 5.74) is 1.06. The van der Waals surface area contributed by atoms with Gasteiger partial charge in [0.2, 0.25) is 0 Å². The van der Waals surface area contributed by atoms with Gasteiger partial charge in [0.25, 0.3) is 0 Å².